The van der Waals surface area contributed by atoms with Crippen molar-refractivity contribution < 1.29 is 9.13 Å². The Kier molecular flexibility index (Phi) is 5.15. The largest absolute Gasteiger partial charge is 0.380 e. The van der Waals surface area contributed by atoms with E-state index in [9.17, 15) is 4.39 Å². The molecule has 1 atom stereocenters. The fourth-order valence-electron chi connectivity index (χ4n) is 2.08. The maximum absolute atomic E-state index is 13.3. The highest BCUT2D eigenvalue weighted by atomic mass is 79.9. The van der Waals surface area contributed by atoms with Gasteiger partial charge in [-0.1, -0.05) is 34.1 Å². The van der Waals surface area contributed by atoms with E-state index in [0.717, 1.165) is 21.3 Å². The van der Waals surface area contributed by atoms with Crippen LogP contribution in [0.5, 0.6) is 0 Å². The van der Waals surface area contributed by atoms with E-state index in [2.05, 4.69) is 21.2 Å². The molecule has 0 saturated heterocycles. The lowest BCUT2D eigenvalue weighted by Crippen LogP contribution is -2.09. The zero-order valence-electron chi connectivity index (χ0n) is 11.5. The Labute approximate surface area is 127 Å². The summed E-state index contributed by atoms with van der Waals surface area (Å²) in [5, 5.41) is 3.40. The molecule has 0 heterocycles. The Hall–Kier alpha value is -1.39. The van der Waals surface area contributed by atoms with Gasteiger partial charge in [0.2, 0.25) is 0 Å². The van der Waals surface area contributed by atoms with E-state index >= 15 is 0 Å². The van der Waals surface area contributed by atoms with Crippen molar-refractivity contribution in [3.8, 4) is 0 Å². The van der Waals surface area contributed by atoms with Gasteiger partial charge in [-0.3, -0.25) is 0 Å². The van der Waals surface area contributed by atoms with Crippen LogP contribution in [0.4, 0.5) is 10.1 Å². The summed E-state index contributed by atoms with van der Waals surface area (Å²) >= 11 is 3.53. The lowest BCUT2D eigenvalue weighted by molar-refractivity contribution is 0.185. The normalized spacial score (nSPS) is 12.2. The van der Waals surface area contributed by atoms with Crippen LogP contribution in [0.3, 0.4) is 0 Å². The van der Waals surface area contributed by atoms with E-state index in [1.165, 1.54) is 6.07 Å². The molecular formula is C16H17BrFNO. The fourth-order valence-corrected chi connectivity index (χ4v) is 2.56. The topological polar surface area (TPSA) is 21.3 Å². The van der Waals surface area contributed by atoms with Gasteiger partial charge in [-0.15, -0.1) is 0 Å². The molecule has 0 fully saturated rings. The van der Waals surface area contributed by atoms with Crippen molar-refractivity contribution in [3.63, 3.8) is 0 Å². The molecular weight excluding hydrogens is 321 g/mol. The first-order chi connectivity index (χ1) is 9.61. The van der Waals surface area contributed by atoms with Gasteiger partial charge in [0.1, 0.15) is 5.82 Å². The van der Waals surface area contributed by atoms with Crippen molar-refractivity contribution in [3.05, 3.63) is 63.9 Å². The van der Waals surface area contributed by atoms with Crippen LogP contribution >= 0.6 is 15.9 Å². The fraction of sp³-hybridized carbons (Fsp3) is 0.250. The maximum atomic E-state index is 13.3. The van der Waals surface area contributed by atoms with E-state index in [-0.39, 0.29) is 11.9 Å². The van der Waals surface area contributed by atoms with Crippen LogP contribution in [-0.2, 0) is 11.3 Å². The van der Waals surface area contributed by atoms with Crippen molar-refractivity contribution in [2.75, 3.05) is 12.4 Å². The van der Waals surface area contributed by atoms with Crippen molar-refractivity contribution in [2.45, 2.75) is 19.6 Å². The molecule has 2 rings (SSSR count). The molecule has 0 aliphatic carbocycles. The third-order valence-corrected chi connectivity index (χ3v) is 3.87. The summed E-state index contributed by atoms with van der Waals surface area (Å²) in [7, 11) is 1.67. The third-order valence-electron chi connectivity index (χ3n) is 3.13. The number of benzene rings is 2. The van der Waals surface area contributed by atoms with E-state index < -0.39 is 0 Å². The Balaban J connectivity index is 2.23. The highest BCUT2D eigenvalue weighted by Gasteiger charge is 2.11. The minimum Gasteiger partial charge on any atom is -0.380 e. The molecule has 1 unspecified atom stereocenters. The summed E-state index contributed by atoms with van der Waals surface area (Å²) in [6, 6.07) is 12.6. The molecule has 0 amide bonds. The molecule has 0 spiro atoms. The molecule has 106 valence electrons. The number of halogens is 2. The molecule has 0 saturated carbocycles. The van der Waals surface area contributed by atoms with Gasteiger partial charge in [-0.2, -0.15) is 0 Å². The zero-order chi connectivity index (χ0) is 14.5. The Morgan fingerprint density at radius 3 is 2.70 bits per heavy atom. The van der Waals surface area contributed by atoms with Gasteiger partial charge in [-0.05, 0) is 36.8 Å². The van der Waals surface area contributed by atoms with Gasteiger partial charge in [0.15, 0.2) is 0 Å². The van der Waals surface area contributed by atoms with Crippen LogP contribution in [-0.4, -0.2) is 7.11 Å². The van der Waals surface area contributed by atoms with Gasteiger partial charge in [0.05, 0.1) is 6.61 Å². The molecule has 2 aromatic carbocycles. The van der Waals surface area contributed by atoms with E-state index in [1.54, 1.807) is 19.2 Å². The maximum Gasteiger partial charge on any atom is 0.123 e. The summed E-state index contributed by atoms with van der Waals surface area (Å²) in [5.41, 5.74) is 2.95. The minimum absolute atomic E-state index is 0.00982. The summed E-state index contributed by atoms with van der Waals surface area (Å²) in [5.74, 6) is -0.220. The van der Waals surface area contributed by atoms with Crippen LogP contribution in [0, 0.1) is 5.82 Å². The van der Waals surface area contributed by atoms with Gasteiger partial charge in [0.25, 0.3) is 0 Å². The lowest BCUT2D eigenvalue weighted by atomic mass is 10.1. The number of ether oxygens (including phenoxy) is 1. The van der Waals surface area contributed by atoms with Crippen molar-refractivity contribution in [2.24, 2.45) is 0 Å². The first-order valence-corrected chi connectivity index (χ1v) is 7.19. The van der Waals surface area contributed by atoms with Crippen LogP contribution < -0.4 is 5.32 Å². The van der Waals surface area contributed by atoms with Crippen LogP contribution in [0.15, 0.2) is 46.9 Å². The predicted octanol–water partition coefficient (Wildman–Crippen LogP) is 4.91. The number of anilines is 1. The number of hydrogen-bond acceptors (Lipinski definition) is 2. The third kappa shape index (κ3) is 3.58. The highest BCUT2D eigenvalue weighted by molar-refractivity contribution is 9.10. The highest BCUT2D eigenvalue weighted by Crippen LogP contribution is 2.28. The van der Waals surface area contributed by atoms with Gasteiger partial charge in [-0.25, -0.2) is 4.39 Å². The SMILES string of the molecule is COCc1c(Br)cccc1NC(C)c1cccc(F)c1. The molecule has 0 aliphatic heterocycles. The van der Waals surface area contributed by atoms with E-state index in [0.29, 0.717) is 6.61 Å². The number of rotatable bonds is 5. The van der Waals surface area contributed by atoms with E-state index in [4.69, 9.17) is 4.74 Å². The van der Waals surface area contributed by atoms with Crippen LogP contribution in [0.2, 0.25) is 0 Å². The molecule has 2 aromatic rings. The molecule has 1 N–H and O–H groups in total. The monoisotopic (exact) mass is 337 g/mol. The molecule has 0 aliphatic rings. The molecule has 0 aromatic heterocycles. The van der Waals surface area contributed by atoms with Gasteiger partial charge >= 0.3 is 0 Å². The lowest BCUT2D eigenvalue weighted by Gasteiger charge is -2.19. The van der Waals surface area contributed by atoms with Crippen molar-refractivity contribution >= 4 is 21.6 Å². The second-order valence-electron chi connectivity index (χ2n) is 4.62. The molecule has 20 heavy (non-hydrogen) atoms. The first kappa shape index (κ1) is 15.0. The Morgan fingerprint density at radius 2 is 2.00 bits per heavy atom. The average Bonchev–Trinajstić information content (AvgIpc) is 2.42. The summed E-state index contributed by atoms with van der Waals surface area (Å²) in [4.78, 5) is 0. The number of methoxy groups -OCH3 is 1. The standard InChI is InChI=1S/C16H17BrFNO/c1-11(12-5-3-6-13(18)9-12)19-16-8-4-7-15(17)14(16)10-20-2/h3-9,11,19H,10H2,1-2H3. The van der Waals surface area contributed by atoms with Crippen LogP contribution in [0.25, 0.3) is 0 Å². The predicted molar refractivity (Wildman–Crippen MR) is 83.3 cm³/mol. The number of hydrogen-bond donors (Lipinski definition) is 1. The number of nitrogens with one attached hydrogen (secondary N) is 1. The van der Waals surface area contributed by atoms with E-state index in [1.807, 2.05) is 31.2 Å². The summed E-state index contributed by atoms with van der Waals surface area (Å²) in [6.07, 6.45) is 0. The minimum atomic E-state index is -0.220. The first-order valence-electron chi connectivity index (χ1n) is 6.40. The Morgan fingerprint density at radius 1 is 1.25 bits per heavy atom. The molecule has 0 radical (unpaired) electrons. The molecule has 0 bridgehead atoms. The van der Waals surface area contributed by atoms with Crippen molar-refractivity contribution in [1.82, 2.24) is 0 Å². The van der Waals surface area contributed by atoms with Crippen molar-refractivity contribution in [1.29, 1.82) is 0 Å². The Bertz CT molecular complexity index is 588. The average molecular weight is 338 g/mol. The van der Waals surface area contributed by atoms with Gasteiger partial charge < -0.3 is 10.1 Å². The zero-order valence-corrected chi connectivity index (χ0v) is 13.1. The second-order valence-corrected chi connectivity index (χ2v) is 5.47. The van der Waals surface area contributed by atoms with Gasteiger partial charge in [0, 0.05) is 28.9 Å². The quantitative estimate of drug-likeness (QED) is 0.837. The summed E-state index contributed by atoms with van der Waals surface area (Å²) in [6.45, 7) is 2.52. The second kappa shape index (κ2) is 6.86. The van der Waals surface area contributed by atoms with Crippen LogP contribution in [0.1, 0.15) is 24.1 Å². The smallest absolute Gasteiger partial charge is 0.123 e. The summed E-state index contributed by atoms with van der Waals surface area (Å²) < 4.78 is 19.5. The molecule has 4 heteroatoms. The molecule has 2 nitrogen and oxygen atoms in total.